The molecule has 0 aliphatic heterocycles. The number of nitrogens with zero attached hydrogens (tertiary/aromatic N) is 2. The second kappa shape index (κ2) is 6.47. The number of esters is 1. The van der Waals surface area contributed by atoms with Gasteiger partial charge in [0.2, 0.25) is 0 Å². The molecule has 1 N–H and O–H groups in total. The smallest absolute Gasteiger partial charge is 0.322 e. The van der Waals surface area contributed by atoms with Gasteiger partial charge in [0.15, 0.2) is 0 Å². The summed E-state index contributed by atoms with van der Waals surface area (Å²) in [5.41, 5.74) is 0.852. The molecule has 84 valence electrons. The van der Waals surface area contributed by atoms with E-state index in [9.17, 15) is 4.79 Å². The van der Waals surface area contributed by atoms with Gasteiger partial charge in [0, 0.05) is 11.9 Å². The first kappa shape index (κ1) is 12.1. The molecule has 5 nitrogen and oxygen atoms in total. The van der Waals surface area contributed by atoms with Gasteiger partial charge in [-0.15, -0.1) is 5.10 Å². The van der Waals surface area contributed by atoms with E-state index >= 15 is 0 Å². The van der Waals surface area contributed by atoms with Crippen molar-refractivity contribution >= 4 is 17.5 Å². The highest BCUT2D eigenvalue weighted by atomic mass is 32.1. The molecule has 1 atom stereocenters. The SMILES string of the molecule is CCC[C@H](NCc1csnn1)C(=O)OC. The van der Waals surface area contributed by atoms with Gasteiger partial charge in [-0.2, -0.15) is 0 Å². The summed E-state index contributed by atoms with van der Waals surface area (Å²) in [6.07, 6.45) is 1.70. The maximum Gasteiger partial charge on any atom is 0.322 e. The van der Waals surface area contributed by atoms with Gasteiger partial charge in [-0.1, -0.05) is 17.8 Å². The number of carbonyl (C=O) groups excluding carboxylic acids is 1. The highest BCUT2D eigenvalue weighted by molar-refractivity contribution is 7.03. The van der Waals surface area contributed by atoms with E-state index in [0.29, 0.717) is 6.54 Å². The van der Waals surface area contributed by atoms with Crippen molar-refractivity contribution in [2.75, 3.05) is 7.11 Å². The standard InChI is InChI=1S/C9H15N3O2S/c1-3-4-8(9(13)14-2)10-5-7-6-15-12-11-7/h6,8,10H,3-5H2,1-2H3/t8-/m0/s1. The Morgan fingerprint density at radius 1 is 1.73 bits per heavy atom. The van der Waals surface area contributed by atoms with Crippen LogP contribution in [0, 0.1) is 0 Å². The fourth-order valence-corrected chi connectivity index (χ4v) is 1.67. The summed E-state index contributed by atoms with van der Waals surface area (Å²) < 4.78 is 8.45. The summed E-state index contributed by atoms with van der Waals surface area (Å²) in [4.78, 5) is 11.3. The van der Waals surface area contributed by atoms with Crippen molar-refractivity contribution < 1.29 is 9.53 Å². The number of ether oxygens (including phenoxy) is 1. The Balaban J connectivity index is 2.41. The van der Waals surface area contributed by atoms with E-state index in [1.807, 2.05) is 12.3 Å². The Hall–Kier alpha value is -1.01. The fraction of sp³-hybridized carbons (Fsp3) is 0.667. The van der Waals surface area contributed by atoms with E-state index in [1.54, 1.807) is 0 Å². The maximum absolute atomic E-state index is 11.3. The first-order chi connectivity index (χ1) is 7.27. The first-order valence-corrected chi connectivity index (χ1v) is 5.68. The summed E-state index contributed by atoms with van der Waals surface area (Å²) >= 11 is 1.30. The van der Waals surface area contributed by atoms with Crippen molar-refractivity contribution in [2.45, 2.75) is 32.4 Å². The van der Waals surface area contributed by atoms with Crippen molar-refractivity contribution in [3.63, 3.8) is 0 Å². The van der Waals surface area contributed by atoms with Crippen LogP contribution in [0.25, 0.3) is 0 Å². The van der Waals surface area contributed by atoms with E-state index in [-0.39, 0.29) is 12.0 Å². The second-order valence-corrected chi connectivity index (χ2v) is 3.75. The number of carbonyl (C=O) groups is 1. The van der Waals surface area contributed by atoms with Crippen LogP contribution in [0.4, 0.5) is 0 Å². The summed E-state index contributed by atoms with van der Waals surface area (Å²) in [6, 6.07) is -0.248. The van der Waals surface area contributed by atoms with Crippen LogP contribution in [0.1, 0.15) is 25.5 Å². The molecule has 0 aliphatic rings. The zero-order valence-corrected chi connectivity index (χ0v) is 9.71. The van der Waals surface area contributed by atoms with Crippen LogP contribution in [0.15, 0.2) is 5.38 Å². The van der Waals surface area contributed by atoms with Crippen LogP contribution in [-0.2, 0) is 16.1 Å². The topological polar surface area (TPSA) is 64.1 Å². The third-order valence-corrected chi connectivity index (χ3v) is 2.55. The number of nitrogens with one attached hydrogen (secondary N) is 1. The largest absolute Gasteiger partial charge is 0.468 e. The lowest BCUT2D eigenvalue weighted by molar-refractivity contribution is -0.143. The van der Waals surface area contributed by atoms with Gasteiger partial charge < -0.3 is 4.74 Å². The Morgan fingerprint density at radius 3 is 3.07 bits per heavy atom. The van der Waals surface area contributed by atoms with Gasteiger partial charge in [-0.3, -0.25) is 10.1 Å². The molecule has 0 saturated heterocycles. The molecule has 1 aromatic rings. The van der Waals surface area contributed by atoms with Gasteiger partial charge >= 0.3 is 5.97 Å². The summed E-state index contributed by atoms with van der Waals surface area (Å²) in [5.74, 6) is -0.222. The second-order valence-electron chi connectivity index (χ2n) is 3.14. The molecule has 0 aromatic carbocycles. The summed E-state index contributed by atoms with van der Waals surface area (Å²) in [5, 5.41) is 8.85. The molecule has 0 aliphatic carbocycles. The minimum Gasteiger partial charge on any atom is -0.468 e. The monoisotopic (exact) mass is 229 g/mol. The minimum absolute atomic E-state index is 0.222. The Labute approximate surface area is 93.0 Å². The number of hydrogen-bond donors (Lipinski definition) is 1. The Bertz CT molecular complexity index is 290. The molecule has 0 spiro atoms. The van der Waals surface area contributed by atoms with Gasteiger partial charge in [0.1, 0.15) is 6.04 Å². The van der Waals surface area contributed by atoms with E-state index < -0.39 is 0 Å². The molecule has 0 fully saturated rings. The van der Waals surface area contributed by atoms with Crippen LogP contribution in [0.5, 0.6) is 0 Å². The third kappa shape index (κ3) is 3.93. The van der Waals surface area contributed by atoms with Gasteiger partial charge in [0.05, 0.1) is 12.8 Å². The van der Waals surface area contributed by atoms with Crippen molar-refractivity contribution in [1.82, 2.24) is 14.9 Å². The number of hydrogen-bond acceptors (Lipinski definition) is 6. The maximum atomic E-state index is 11.3. The molecule has 1 heterocycles. The van der Waals surface area contributed by atoms with Crippen molar-refractivity contribution in [3.8, 4) is 0 Å². The van der Waals surface area contributed by atoms with Crippen LogP contribution in [0.2, 0.25) is 0 Å². The lowest BCUT2D eigenvalue weighted by Crippen LogP contribution is -2.37. The first-order valence-electron chi connectivity index (χ1n) is 4.85. The molecule has 1 rings (SSSR count). The Morgan fingerprint density at radius 2 is 2.53 bits per heavy atom. The zero-order chi connectivity index (χ0) is 11.1. The number of aromatic nitrogens is 2. The Kier molecular flexibility index (Phi) is 5.20. The molecule has 0 saturated carbocycles. The van der Waals surface area contributed by atoms with Crippen LogP contribution in [-0.4, -0.2) is 28.7 Å². The number of methoxy groups -OCH3 is 1. The van der Waals surface area contributed by atoms with Crippen LogP contribution in [0.3, 0.4) is 0 Å². The molecule has 15 heavy (non-hydrogen) atoms. The van der Waals surface area contributed by atoms with E-state index in [2.05, 4.69) is 14.9 Å². The van der Waals surface area contributed by atoms with Gasteiger partial charge in [-0.25, -0.2) is 0 Å². The molecule has 0 radical (unpaired) electrons. The summed E-state index contributed by atoms with van der Waals surface area (Å²) in [6.45, 7) is 2.58. The molecule has 6 heteroatoms. The normalized spacial score (nSPS) is 12.4. The predicted octanol–water partition coefficient (Wildman–Crippen LogP) is 0.969. The quantitative estimate of drug-likeness (QED) is 0.736. The predicted molar refractivity (Wildman–Crippen MR) is 57.5 cm³/mol. The van der Waals surface area contributed by atoms with Crippen molar-refractivity contribution in [2.24, 2.45) is 0 Å². The molecule has 0 unspecified atom stereocenters. The fourth-order valence-electron chi connectivity index (χ4n) is 1.22. The van der Waals surface area contributed by atoms with E-state index in [1.165, 1.54) is 18.6 Å². The molecular formula is C9H15N3O2S. The minimum atomic E-state index is -0.248. The summed E-state index contributed by atoms with van der Waals surface area (Å²) in [7, 11) is 1.40. The molecule has 0 bridgehead atoms. The zero-order valence-electron chi connectivity index (χ0n) is 8.90. The molecule has 0 amide bonds. The van der Waals surface area contributed by atoms with Crippen molar-refractivity contribution in [1.29, 1.82) is 0 Å². The third-order valence-electron chi connectivity index (χ3n) is 2.00. The average molecular weight is 229 g/mol. The molecule has 1 aromatic heterocycles. The average Bonchev–Trinajstić information content (AvgIpc) is 2.76. The molecular weight excluding hydrogens is 214 g/mol. The highest BCUT2D eigenvalue weighted by Crippen LogP contribution is 2.02. The van der Waals surface area contributed by atoms with E-state index in [0.717, 1.165) is 18.5 Å². The number of rotatable bonds is 6. The van der Waals surface area contributed by atoms with Gasteiger partial charge in [0.25, 0.3) is 0 Å². The highest BCUT2D eigenvalue weighted by Gasteiger charge is 2.17. The van der Waals surface area contributed by atoms with Crippen LogP contribution >= 0.6 is 11.5 Å². The lowest BCUT2D eigenvalue weighted by Gasteiger charge is -2.14. The lowest BCUT2D eigenvalue weighted by atomic mass is 10.1. The van der Waals surface area contributed by atoms with E-state index in [4.69, 9.17) is 4.74 Å². The van der Waals surface area contributed by atoms with Gasteiger partial charge in [-0.05, 0) is 18.0 Å². The van der Waals surface area contributed by atoms with Crippen LogP contribution < -0.4 is 5.32 Å². The van der Waals surface area contributed by atoms with Crippen molar-refractivity contribution in [3.05, 3.63) is 11.1 Å².